The zero-order valence-corrected chi connectivity index (χ0v) is 15.9. The number of piperidine rings is 1. The fourth-order valence-corrected chi connectivity index (χ4v) is 3.85. The maximum absolute atomic E-state index is 12.6. The summed E-state index contributed by atoms with van der Waals surface area (Å²) in [5.74, 6) is -1.34. The molecular formula is C18H21N3O5S. The van der Waals surface area contributed by atoms with E-state index < -0.39 is 11.9 Å². The highest BCUT2D eigenvalue weighted by Crippen LogP contribution is 2.24. The molecule has 27 heavy (non-hydrogen) atoms. The fourth-order valence-electron chi connectivity index (χ4n) is 3.14. The van der Waals surface area contributed by atoms with Crippen LogP contribution in [0.5, 0.6) is 0 Å². The second-order valence-corrected chi connectivity index (χ2v) is 7.53. The van der Waals surface area contributed by atoms with Crippen molar-refractivity contribution in [1.82, 2.24) is 9.88 Å². The number of carboxylic acids is 1. The van der Waals surface area contributed by atoms with Crippen LogP contribution in [0.25, 0.3) is 0 Å². The van der Waals surface area contributed by atoms with E-state index >= 15 is 0 Å². The number of aryl methyl sites for hydroxylation is 1. The van der Waals surface area contributed by atoms with E-state index in [1.165, 1.54) is 17.6 Å². The molecule has 1 aliphatic rings. The molecule has 2 unspecified atom stereocenters. The highest BCUT2D eigenvalue weighted by atomic mass is 32.1. The Bertz CT molecular complexity index is 859. The molecule has 1 fully saturated rings. The maximum atomic E-state index is 12.6. The van der Waals surface area contributed by atoms with Gasteiger partial charge in [-0.3, -0.25) is 19.7 Å². The Labute approximate surface area is 160 Å². The molecule has 2 atom stereocenters. The Kier molecular flexibility index (Phi) is 5.59. The Hall–Kier alpha value is -2.68. The number of likely N-dealkylation sites (tertiary alicyclic amines) is 1. The molecule has 2 aromatic rings. The van der Waals surface area contributed by atoms with Crippen LogP contribution in [0, 0.1) is 12.8 Å². The second-order valence-electron chi connectivity index (χ2n) is 6.67. The summed E-state index contributed by atoms with van der Waals surface area (Å²) in [5.41, 5.74) is 0.985. The SMILES string of the molecule is Cc1occc1C(=O)Nc1nc(CC(=O)N2CC(C(=O)O)CCC2C)cs1. The summed E-state index contributed by atoms with van der Waals surface area (Å²) in [6.45, 7) is 3.85. The molecule has 8 nitrogen and oxygen atoms in total. The van der Waals surface area contributed by atoms with E-state index in [0.29, 0.717) is 35.0 Å². The molecule has 2 amide bonds. The largest absolute Gasteiger partial charge is 0.481 e. The van der Waals surface area contributed by atoms with Crippen molar-refractivity contribution >= 4 is 34.3 Å². The Balaban J connectivity index is 1.61. The molecular weight excluding hydrogens is 370 g/mol. The van der Waals surface area contributed by atoms with Crippen molar-refractivity contribution in [2.75, 3.05) is 11.9 Å². The van der Waals surface area contributed by atoms with Gasteiger partial charge in [-0.05, 0) is 32.8 Å². The number of furan rings is 1. The van der Waals surface area contributed by atoms with E-state index in [-0.39, 0.29) is 30.8 Å². The van der Waals surface area contributed by atoms with Gasteiger partial charge < -0.3 is 14.4 Å². The zero-order chi connectivity index (χ0) is 19.6. The molecule has 2 aromatic heterocycles. The van der Waals surface area contributed by atoms with E-state index in [1.807, 2.05) is 6.92 Å². The van der Waals surface area contributed by atoms with Crippen LogP contribution in [0.2, 0.25) is 0 Å². The van der Waals surface area contributed by atoms with E-state index in [1.54, 1.807) is 23.3 Å². The van der Waals surface area contributed by atoms with Gasteiger partial charge in [0.25, 0.3) is 5.91 Å². The number of rotatable bonds is 5. The molecule has 0 bridgehead atoms. The number of nitrogens with zero attached hydrogens (tertiary/aromatic N) is 2. The first-order valence-electron chi connectivity index (χ1n) is 8.67. The monoisotopic (exact) mass is 391 g/mol. The van der Waals surface area contributed by atoms with Gasteiger partial charge in [-0.25, -0.2) is 4.98 Å². The van der Waals surface area contributed by atoms with E-state index in [9.17, 15) is 19.5 Å². The van der Waals surface area contributed by atoms with Gasteiger partial charge in [0.05, 0.1) is 29.9 Å². The lowest BCUT2D eigenvalue weighted by molar-refractivity contribution is -0.147. The molecule has 3 rings (SSSR count). The van der Waals surface area contributed by atoms with Crippen molar-refractivity contribution in [2.45, 2.75) is 39.2 Å². The Morgan fingerprint density at radius 1 is 1.41 bits per heavy atom. The van der Waals surface area contributed by atoms with Crippen molar-refractivity contribution in [3.05, 3.63) is 34.7 Å². The van der Waals surface area contributed by atoms with Crippen molar-refractivity contribution < 1.29 is 23.9 Å². The van der Waals surface area contributed by atoms with Gasteiger partial charge in [0, 0.05) is 18.0 Å². The second kappa shape index (κ2) is 7.91. The van der Waals surface area contributed by atoms with Crippen LogP contribution in [-0.2, 0) is 16.0 Å². The lowest BCUT2D eigenvalue weighted by Crippen LogP contribution is -2.47. The average molecular weight is 391 g/mol. The summed E-state index contributed by atoms with van der Waals surface area (Å²) < 4.78 is 5.11. The molecule has 1 saturated heterocycles. The van der Waals surface area contributed by atoms with Crippen molar-refractivity contribution in [3.8, 4) is 0 Å². The van der Waals surface area contributed by atoms with Gasteiger partial charge in [-0.2, -0.15) is 0 Å². The third-order valence-corrected chi connectivity index (χ3v) is 5.57. The zero-order valence-electron chi connectivity index (χ0n) is 15.1. The van der Waals surface area contributed by atoms with Crippen LogP contribution in [0.4, 0.5) is 5.13 Å². The number of thiazole rings is 1. The minimum atomic E-state index is -0.868. The molecule has 1 aliphatic heterocycles. The standard InChI is InChI=1S/C18H21N3O5S/c1-10-3-4-12(17(24)25)8-21(10)15(22)7-13-9-27-18(19-13)20-16(23)14-5-6-26-11(14)2/h5-6,9-10,12H,3-4,7-8H2,1-2H3,(H,24,25)(H,19,20,23). The number of carbonyl (C=O) groups is 3. The molecule has 2 N–H and O–H groups in total. The lowest BCUT2D eigenvalue weighted by Gasteiger charge is -2.36. The number of nitrogens with one attached hydrogen (secondary N) is 1. The first-order chi connectivity index (χ1) is 12.8. The number of aromatic nitrogens is 1. The predicted molar refractivity (Wildman–Crippen MR) is 98.8 cm³/mol. The number of carboxylic acid groups (broad SMARTS) is 1. The summed E-state index contributed by atoms with van der Waals surface area (Å²) in [6.07, 6.45) is 2.78. The van der Waals surface area contributed by atoms with Gasteiger partial charge in [0.2, 0.25) is 5.91 Å². The molecule has 0 spiro atoms. The van der Waals surface area contributed by atoms with Crippen molar-refractivity contribution in [3.63, 3.8) is 0 Å². The quantitative estimate of drug-likeness (QED) is 0.810. The predicted octanol–water partition coefficient (Wildman–Crippen LogP) is 2.55. The van der Waals surface area contributed by atoms with Crippen molar-refractivity contribution in [1.29, 1.82) is 0 Å². The molecule has 0 radical (unpaired) electrons. The van der Waals surface area contributed by atoms with Crippen LogP contribution >= 0.6 is 11.3 Å². The minimum absolute atomic E-state index is 0.00924. The number of hydrogen-bond donors (Lipinski definition) is 2. The van der Waals surface area contributed by atoms with Gasteiger partial charge in [0.15, 0.2) is 5.13 Å². The highest BCUT2D eigenvalue weighted by molar-refractivity contribution is 7.14. The summed E-state index contributed by atoms with van der Waals surface area (Å²) in [7, 11) is 0. The molecule has 0 saturated carbocycles. The third kappa shape index (κ3) is 4.36. The fraction of sp³-hybridized carbons (Fsp3) is 0.444. The molecule has 9 heteroatoms. The molecule has 3 heterocycles. The number of aliphatic carboxylic acids is 1. The van der Waals surface area contributed by atoms with Crippen LogP contribution < -0.4 is 5.32 Å². The summed E-state index contributed by atoms with van der Waals surface area (Å²) >= 11 is 1.24. The average Bonchev–Trinajstić information content (AvgIpc) is 3.23. The number of amides is 2. The van der Waals surface area contributed by atoms with Gasteiger partial charge >= 0.3 is 5.97 Å². The first-order valence-corrected chi connectivity index (χ1v) is 9.55. The summed E-state index contributed by atoms with van der Waals surface area (Å²) in [4.78, 5) is 41.9. The summed E-state index contributed by atoms with van der Waals surface area (Å²) in [6, 6.07) is 1.59. The Morgan fingerprint density at radius 2 is 2.19 bits per heavy atom. The Morgan fingerprint density at radius 3 is 2.85 bits per heavy atom. The number of hydrogen-bond acceptors (Lipinski definition) is 6. The van der Waals surface area contributed by atoms with Crippen LogP contribution in [0.3, 0.4) is 0 Å². The smallest absolute Gasteiger partial charge is 0.308 e. The molecule has 0 aliphatic carbocycles. The lowest BCUT2D eigenvalue weighted by atomic mass is 9.93. The summed E-state index contributed by atoms with van der Waals surface area (Å²) in [5, 5.41) is 14.0. The van der Waals surface area contributed by atoms with Crippen LogP contribution in [-0.4, -0.2) is 45.4 Å². The van der Waals surface area contributed by atoms with Crippen molar-refractivity contribution in [2.24, 2.45) is 5.92 Å². The van der Waals surface area contributed by atoms with Crippen LogP contribution in [0.15, 0.2) is 22.1 Å². The normalized spacial score (nSPS) is 19.7. The minimum Gasteiger partial charge on any atom is -0.481 e. The van der Waals surface area contributed by atoms with E-state index in [2.05, 4.69) is 10.3 Å². The molecule has 0 aromatic carbocycles. The maximum Gasteiger partial charge on any atom is 0.308 e. The molecule has 144 valence electrons. The van der Waals surface area contributed by atoms with Gasteiger partial charge in [-0.15, -0.1) is 11.3 Å². The van der Waals surface area contributed by atoms with Gasteiger partial charge in [0.1, 0.15) is 5.76 Å². The van der Waals surface area contributed by atoms with Gasteiger partial charge in [-0.1, -0.05) is 0 Å². The van der Waals surface area contributed by atoms with E-state index in [0.717, 1.165) is 0 Å². The van der Waals surface area contributed by atoms with E-state index in [4.69, 9.17) is 4.42 Å². The first kappa shape index (κ1) is 19.1. The highest BCUT2D eigenvalue weighted by Gasteiger charge is 2.32. The number of anilines is 1. The van der Waals surface area contributed by atoms with Crippen LogP contribution in [0.1, 0.15) is 41.6 Å². The number of carbonyl (C=O) groups excluding carboxylic acids is 2. The third-order valence-electron chi connectivity index (χ3n) is 4.76. The topological polar surface area (TPSA) is 113 Å².